The van der Waals surface area contributed by atoms with E-state index in [1.54, 1.807) is 0 Å². The van der Waals surface area contributed by atoms with Crippen LogP contribution in [0.1, 0.15) is 33.1 Å². The first kappa shape index (κ1) is 12.5. The average molecular weight is 212 g/mol. The van der Waals surface area contributed by atoms with Crippen molar-refractivity contribution in [3.63, 3.8) is 0 Å². The molecule has 1 fully saturated rings. The van der Waals surface area contributed by atoms with Gasteiger partial charge < -0.3 is 10.2 Å². The molecule has 1 saturated heterocycles. The van der Waals surface area contributed by atoms with Gasteiger partial charge in [0.1, 0.15) is 0 Å². The van der Waals surface area contributed by atoms with E-state index >= 15 is 0 Å². The van der Waals surface area contributed by atoms with E-state index in [2.05, 4.69) is 19.2 Å². The van der Waals surface area contributed by atoms with E-state index in [1.807, 2.05) is 11.9 Å². The summed E-state index contributed by atoms with van der Waals surface area (Å²) in [6.07, 6.45) is 3.10. The Kier molecular flexibility index (Phi) is 5.09. The zero-order valence-corrected chi connectivity index (χ0v) is 10.3. The predicted molar refractivity (Wildman–Crippen MR) is 62.7 cm³/mol. The lowest BCUT2D eigenvalue weighted by Crippen LogP contribution is -2.30. The van der Waals surface area contributed by atoms with Gasteiger partial charge in [-0.25, -0.2) is 0 Å². The molecule has 0 spiro atoms. The first-order valence-electron chi connectivity index (χ1n) is 6.05. The minimum atomic E-state index is 0.315. The van der Waals surface area contributed by atoms with Crippen LogP contribution in [0.4, 0.5) is 0 Å². The number of hydrogen-bond donors (Lipinski definition) is 1. The second-order valence-corrected chi connectivity index (χ2v) is 4.98. The van der Waals surface area contributed by atoms with Crippen LogP contribution in [-0.4, -0.2) is 37.5 Å². The highest BCUT2D eigenvalue weighted by atomic mass is 16.2. The number of carbonyl (C=O) groups is 1. The molecule has 1 rings (SSSR count). The maximum atomic E-state index is 11.7. The maximum Gasteiger partial charge on any atom is 0.223 e. The van der Waals surface area contributed by atoms with Gasteiger partial charge in [-0.3, -0.25) is 4.79 Å². The number of nitrogens with one attached hydrogen (secondary N) is 1. The van der Waals surface area contributed by atoms with E-state index in [0.717, 1.165) is 31.5 Å². The fraction of sp³-hybridized carbons (Fsp3) is 0.917. The molecule has 1 N–H and O–H groups in total. The Hall–Kier alpha value is -0.570. The van der Waals surface area contributed by atoms with E-state index in [9.17, 15) is 4.79 Å². The normalized spacial score (nSPS) is 21.3. The molecular formula is C12H24N2O. The van der Waals surface area contributed by atoms with Gasteiger partial charge >= 0.3 is 0 Å². The highest BCUT2D eigenvalue weighted by Gasteiger charge is 2.25. The fourth-order valence-electron chi connectivity index (χ4n) is 2.31. The van der Waals surface area contributed by atoms with E-state index in [4.69, 9.17) is 0 Å². The van der Waals surface area contributed by atoms with Crippen molar-refractivity contribution in [3.05, 3.63) is 0 Å². The molecule has 1 aliphatic heterocycles. The van der Waals surface area contributed by atoms with Gasteiger partial charge in [0, 0.05) is 26.1 Å². The highest BCUT2D eigenvalue weighted by Crippen LogP contribution is 2.23. The lowest BCUT2D eigenvalue weighted by Gasteiger charge is -2.17. The number of nitrogens with zero attached hydrogens (tertiary/aromatic N) is 1. The van der Waals surface area contributed by atoms with Crippen molar-refractivity contribution in [2.45, 2.75) is 33.1 Å². The molecule has 0 bridgehead atoms. The van der Waals surface area contributed by atoms with Gasteiger partial charge in [-0.2, -0.15) is 0 Å². The third-order valence-electron chi connectivity index (χ3n) is 3.03. The molecule has 1 unspecified atom stereocenters. The van der Waals surface area contributed by atoms with Gasteiger partial charge in [-0.15, -0.1) is 0 Å². The summed E-state index contributed by atoms with van der Waals surface area (Å²) in [5, 5.41) is 3.02. The van der Waals surface area contributed by atoms with E-state index < -0.39 is 0 Å². The summed E-state index contributed by atoms with van der Waals surface area (Å²) in [6.45, 7) is 7.27. The quantitative estimate of drug-likeness (QED) is 0.749. The molecule has 0 aromatic rings. The SMILES string of the molecule is CNCCC(=O)N1CCC(CC(C)C)C1. The predicted octanol–water partition coefficient (Wildman–Crippen LogP) is 1.49. The summed E-state index contributed by atoms with van der Waals surface area (Å²) < 4.78 is 0. The second-order valence-electron chi connectivity index (χ2n) is 4.98. The Morgan fingerprint density at radius 1 is 1.53 bits per heavy atom. The lowest BCUT2D eigenvalue weighted by molar-refractivity contribution is -0.130. The summed E-state index contributed by atoms with van der Waals surface area (Å²) in [5.41, 5.74) is 0. The van der Waals surface area contributed by atoms with E-state index in [0.29, 0.717) is 12.3 Å². The molecule has 0 radical (unpaired) electrons. The summed E-state index contributed by atoms with van der Waals surface area (Å²) >= 11 is 0. The van der Waals surface area contributed by atoms with Gasteiger partial charge in [0.2, 0.25) is 5.91 Å². The molecule has 0 aromatic carbocycles. The summed E-state index contributed by atoms with van der Waals surface area (Å²) in [5.74, 6) is 1.81. The van der Waals surface area contributed by atoms with Crippen LogP contribution in [0, 0.1) is 11.8 Å². The Labute approximate surface area is 93.2 Å². The molecular weight excluding hydrogens is 188 g/mol. The molecule has 3 nitrogen and oxygen atoms in total. The average Bonchev–Trinajstić information content (AvgIpc) is 2.61. The number of hydrogen-bond acceptors (Lipinski definition) is 2. The van der Waals surface area contributed by atoms with Crippen LogP contribution in [-0.2, 0) is 4.79 Å². The minimum absolute atomic E-state index is 0.315. The highest BCUT2D eigenvalue weighted by molar-refractivity contribution is 5.76. The van der Waals surface area contributed by atoms with Gasteiger partial charge in [0.05, 0.1) is 0 Å². The maximum absolute atomic E-state index is 11.7. The molecule has 0 saturated carbocycles. The molecule has 3 heteroatoms. The molecule has 1 atom stereocenters. The molecule has 15 heavy (non-hydrogen) atoms. The van der Waals surface area contributed by atoms with Crippen LogP contribution < -0.4 is 5.32 Å². The first-order chi connectivity index (χ1) is 7.13. The van der Waals surface area contributed by atoms with Crippen LogP contribution in [0.15, 0.2) is 0 Å². The fourth-order valence-corrected chi connectivity index (χ4v) is 2.31. The molecule has 0 aromatic heterocycles. The van der Waals surface area contributed by atoms with E-state index in [-0.39, 0.29) is 0 Å². The van der Waals surface area contributed by atoms with Crippen molar-refractivity contribution in [2.75, 3.05) is 26.7 Å². The zero-order valence-electron chi connectivity index (χ0n) is 10.3. The second kappa shape index (κ2) is 6.11. The largest absolute Gasteiger partial charge is 0.342 e. The number of carbonyl (C=O) groups excluding carboxylic acids is 1. The van der Waals surface area contributed by atoms with Crippen molar-refractivity contribution >= 4 is 5.91 Å². The number of rotatable bonds is 5. The van der Waals surface area contributed by atoms with Crippen molar-refractivity contribution < 1.29 is 4.79 Å². The van der Waals surface area contributed by atoms with Crippen LogP contribution in [0.5, 0.6) is 0 Å². The van der Waals surface area contributed by atoms with Crippen molar-refractivity contribution in [1.29, 1.82) is 0 Å². The first-order valence-corrected chi connectivity index (χ1v) is 6.05. The van der Waals surface area contributed by atoms with Crippen LogP contribution in [0.3, 0.4) is 0 Å². The number of likely N-dealkylation sites (tertiary alicyclic amines) is 1. The van der Waals surface area contributed by atoms with Crippen LogP contribution >= 0.6 is 0 Å². The Balaban J connectivity index is 2.26. The van der Waals surface area contributed by atoms with Gasteiger partial charge in [-0.1, -0.05) is 13.8 Å². The Bertz CT molecular complexity index is 204. The van der Waals surface area contributed by atoms with Gasteiger partial charge in [0.15, 0.2) is 0 Å². The lowest BCUT2D eigenvalue weighted by atomic mass is 9.97. The minimum Gasteiger partial charge on any atom is -0.342 e. The molecule has 0 aliphatic carbocycles. The Morgan fingerprint density at radius 2 is 2.27 bits per heavy atom. The van der Waals surface area contributed by atoms with Crippen molar-refractivity contribution in [1.82, 2.24) is 10.2 Å². The summed E-state index contributed by atoms with van der Waals surface area (Å²) in [7, 11) is 1.89. The van der Waals surface area contributed by atoms with Crippen LogP contribution in [0.2, 0.25) is 0 Å². The van der Waals surface area contributed by atoms with Crippen molar-refractivity contribution in [2.24, 2.45) is 11.8 Å². The van der Waals surface area contributed by atoms with Gasteiger partial charge in [0.25, 0.3) is 0 Å². The molecule has 1 amide bonds. The van der Waals surface area contributed by atoms with Crippen molar-refractivity contribution in [3.8, 4) is 0 Å². The molecule has 88 valence electrons. The monoisotopic (exact) mass is 212 g/mol. The van der Waals surface area contributed by atoms with Crippen LogP contribution in [0.25, 0.3) is 0 Å². The van der Waals surface area contributed by atoms with Gasteiger partial charge in [-0.05, 0) is 31.7 Å². The smallest absolute Gasteiger partial charge is 0.223 e. The Morgan fingerprint density at radius 3 is 2.87 bits per heavy atom. The topological polar surface area (TPSA) is 32.3 Å². The van der Waals surface area contributed by atoms with E-state index in [1.165, 1.54) is 12.8 Å². The third-order valence-corrected chi connectivity index (χ3v) is 3.03. The molecule has 1 aliphatic rings. The zero-order chi connectivity index (χ0) is 11.3. The number of amides is 1. The standard InChI is InChI=1S/C12H24N2O/c1-10(2)8-11-5-7-14(9-11)12(15)4-6-13-3/h10-11,13H,4-9H2,1-3H3. The summed E-state index contributed by atoms with van der Waals surface area (Å²) in [6, 6.07) is 0. The summed E-state index contributed by atoms with van der Waals surface area (Å²) in [4.78, 5) is 13.8. The molecule has 1 heterocycles. The third kappa shape index (κ3) is 4.20.